The molecule has 0 bridgehead atoms. The largest absolute Gasteiger partial charge is 0.478 e. The first kappa shape index (κ1) is 11.3. The summed E-state index contributed by atoms with van der Waals surface area (Å²) in [5, 5.41) is 8.99. The number of imidazole rings is 1. The number of carbonyl (C=O) groups is 1. The van der Waals surface area contributed by atoms with Gasteiger partial charge in [0.05, 0.1) is 16.6 Å². The molecular formula is C14H16N2O2. The molecule has 1 aromatic carbocycles. The zero-order valence-electron chi connectivity index (χ0n) is 10.8. The number of carboxylic acids is 1. The van der Waals surface area contributed by atoms with E-state index >= 15 is 0 Å². The lowest BCUT2D eigenvalue weighted by atomic mass is 10.1. The molecule has 18 heavy (non-hydrogen) atoms. The smallest absolute Gasteiger partial charge is 0.335 e. The van der Waals surface area contributed by atoms with E-state index in [0.29, 0.717) is 17.0 Å². The molecule has 0 aliphatic heterocycles. The van der Waals surface area contributed by atoms with Gasteiger partial charge in [-0.1, -0.05) is 13.8 Å². The van der Waals surface area contributed by atoms with Crippen molar-refractivity contribution >= 4 is 17.0 Å². The first-order valence-electron chi connectivity index (χ1n) is 6.12. The summed E-state index contributed by atoms with van der Waals surface area (Å²) in [5.74, 6) is 0.0546. The Morgan fingerprint density at radius 3 is 2.72 bits per heavy atom. The highest BCUT2D eigenvalue weighted by atomic mass is 16.4. The third-order valence-electron chi connectivity index (χ3n) is 3.89. The van der Waals surface area contributed by atoms with E-state index < -0.39 is 5.97 Å². The lowest BCUT2D eigenvalue weighted by Crippen LogP contribution is -2.02. The topological polar surface area (TPSA) is 55.1 Å². The highest BCUT2D eigenvalue weighted by molar-refractivity contribution is 5.92. The molecule has 1 N–H and O–H groups in total. The molecule has 1 unspecified atom stereocenters. The lowest BCUT2D eigenvalue weighted by Gasteiger charge is -2.08. The Balaban J connectivity index is 2.16. The Morgan fingerprint density at radius 1 is 1.50 bits per heavy atom. The standard InChI is InChI=1S/C14H16N2O2/c1-8-15-10-6-9(13(17)18)4-5-11(10)16(8)12-7-14(12,2)3/h4-6,12H,7H2,1-3H3,(H,17,18). The minimum atomic E-state index is -0.907. The maximum absolute atomic E-state index is 11.0. The molecule has 94 valence electrons. The van der Waals surface area contributed by atoms with Crippen molar-refractivity contribution in [1.82, 2.24) is 9.55 Å². The van der Waals surface area contributed by atoms with Crippen molar-refractivity contribution in [2.75, 3.05) is 0 Å². The molecule has 1 aromatic heterocycles. The number of carboxylic acid groups (broad SMARTS) is 1. The molecule has 1 heterocycles. The number of rotatable bonds is 2. The fraction of sp³-hybridized carbons (Fsp3) is 0.429. The Labute approximate surface area is 105 Å². The Hall–Kier alpha value is -1.84. The average Bonchev–Trinajstić information content (AvgIpc) is 2.77. The predicted molar refractivity (Wildman–Crippen MR) is 68.9 cm³/mol. The molecule has 0 amide bonds. The van der Waals surface area contributed by atoms with Crippen LogP contribution in [0.15, 0.2) is 18.2 Å². The van der Waals surface area contributed by atoms with Crippen LogP contribution in [0.5, 0.6) is 0 Å². The van der Waals surface area contributed by atoms with Crippen LogP contribution < -0.4 is 0 Å². The van der Waals surface area contributed by atoms with Crippen molar-refractivity contribution in [3.63, 3.8) is 0 Å². The molecule has 1 saturated carbocycles. The fourth-order valence-corrected chi connectivity index (χ4v) is 2.63. The van der Waals surface area contributed by atoms with Crippen LogP contribution in [0.3, 0.4) is 0 Å². The molecule has 1 atom stereocenters. The molecule has 1 fully saturated rings. The normalized spacial score (nSPS) is 21.2. The number of aryl methyl sites for hydroxylation is 1. The number of benzene rings is 1. The van der Waals surface area contributed by atoms with Gasteiger partial charge < -0.3 is 9.67 Å². The summed E-state index contributed by atoms with van der Waals surface area (Å²) in [6, 6.07) is 5.65. The molecule has 4 heteroatoms. The maximum atomic E-state index is 11.0. The second kappa shape index (κ2) is 3.34. The molecule has 3 rings (SSSR count). The van der Waals surface area contributed by atoms with Crippen LogP contribution in [0.4, 0.5) is 0 Å². The van der Waals surface area contributed by atoms with E-state index in [-0.39, 0.29) is 0 Å². The van der Waals surface area contributed by atoms with E-state index in [1.165, 1.54) is 0 Å². The zero-order chi connectivity index (χ0) is 13.1. The van der Waals surface area contributed by atoms with Gasteiger partial charge in [0, 0.05) is 6.04 Å². The molecule has 1 aliphatic rings. The van der Waals surface area contributed by atoms with Crippen LogP contribution in [-0.4, -0.2) is 20.6 Å². The third-order valence-corrected chi connectivity index (χ3v) is 3.89. The van der Waals surface area contributed by atoms with Gasteiger partial charge in [0.25, 0.3) is 0 Å². The van der Waals surface area contributed by atoms with Crippen LogP contribution in [0, 0.1) is 12.3 Å². The SMILES string of the molecule is Cc1nc2cc(C(=O)O)ccc2n1C1CC1(C)C. The molecular weight excluding hydrogens is 228 g/mol. The number of fused-ring (bicyclic) bond motifs is 1. The number of hydrogen-bond donors (Lipinski definition) is 1. The van der Waals surface area contributed by atoms with Gasteiger partial charge in [-0.15, -0.1) is 0 Å². The second-order valence-corrected chi connectivity index (χ2v) is 5.75. The van der Waals surface area contributed by atoms with E-state index in [1.54, 1.807) is 12.1 Å². The van der Waals surface area contributed by atoms with Gasteiger partial charge in [-0.05, 0) is 37.0 Å². The van der Waals surface area contributed by atoms with Crippen LogP contribution in [0.2, 0.25) is 0 Å². The van der Waals surface area contributed by atoms with Gasteiger partial charge in [-0.2, -0.15) is 0 Å². The van der Waals surface area contributed by atoms with Gasteiger partial charge in [0.2, 0.25) is 0 Å². The average molecular weight is 244 g/mol. The number of aromatic carboxylic acids is 1. The van der Waals surface area contributed by atoms with E-state index in [4.69, 9.17) is 5.11 Å². The van der Waals surface area contributed by atoms with E-state index in [9.17, 15) is 4.79 Å². The highest BCUT2D eigenvalue weighted by Gasteiger charge is 2.48. The Bertz CT molecular complexity index is 655. The first-order valence-corrected chi connectivity index (χ1v) is 6.12. The lowest BCUT2D eigenvalue weighted by molar-refractivity contribution is 0.0697. The van der Waals surface area contributed by atoms with E-state index in [2.05, 4.69) is 23.4 Å². The third kappa shape index (κ3) is 1.52. The van der Waals surface area contributed by atoms with Crippen LogP contribution in [0.25, 0.3) is 11.0 Å². The molecule has 4 nitrogen and oxygen atoms in total. The monoisotopic (exact) mass is 244 g/mol. The summed E-state index contributed by atoms with van der Waals surface area (Å²) in [6.45, 7) is 6.47. The number of hydrogen-bond acceptors (Lipinski definition) is 2. The fourth-order valence-electron chi connectivity index (χ4n) is 2.63. The van der Waals surface area contributed by atoms with Gasteiger partial charge in [0.1, 0.15) is 5.82 Å². The van der Waals surface area contributed by atoms with Crippen LogP contribution >= 0.6 is 0 Å². The predicted octanol–water partition coefficient (Wildman–Crippen LogP) is 3.01. The molecule has 0 spiro atoms. The Kier molecular flexibility index (Phi) is 2.09. The van der Waals surface area contributed by atoms with Gasteiger partial charge in [0.15, 0.2) is 0 Å². The maximum Gasteiger partial charge on any atom is 0.335 e. The van der Waals surface area contributed by atoms with Gasteiger partial charge in [-0.25, -0.2) is 9.78 Å². The summed E-state index contributed by atoms with van der Waals surface area (Å²) in [6.07, 6.45) is 1.15. The second-order valence-electron chi connectivity index (χ2n) is 5.75. The summed E-state index contributed by atoms with van der Waals surface area (Å²) in [5.41, 5.74) is 2.43. The number of aromatic nitrogens is 2. The first-order chi connectivity index (χ1) is 8.40. The van der Waals surface area contributed by atoms with Gasteiger partial charge in [-0.3, -0.25) is 0 Å². The van der Waals surface area contributed by atoms with Crippen molar-refractivity contribution < 1.29 is 9.90 Å². The minimum Gasteiger partial charge on any atom is -0.478 e. The quantitative estimate of drug-likeness (QED) is 0.883. The van der Waals surface area contributed by atoms with E-state index in [1.807, 2.05) is 13.0 Å². The molecule has 1 aliphatic carbocycles. The van der Waals surface area contributed by atoms with Gasteiger partial charge >= 0.3 is 5.97 Å². The van der Waals surface area contributed by atoms with Crippen molar-refractivity contribution in [3.8, 4) is 0 Å². The van der Waals surface area contributed by atoms with Crippen molar-refractivity contribution in [2.24, 2.45) is 5.41 Å². The van der Waals surface area contributed by atoms with Crippen LogP contribution in [0.1, 0.15) is 42.5 Å². The highest BCUT2D eigenvalue weighted by Crippen LogP contribution is 2.56. The molecule has 0 radical (unpaired) electrons. The summed E-state index contributed by atoms with van der Waals surface area (Å²) >= 11 is 0. The zero-order valence-corrected chi connectivity index (χ0v) is 10.8. The molecule has 0 saturated heterocycles. The van der Waals surface area contributed by atoms with Crippen molar-refractivity contribution in [3.05, 3.63) is 29.6 Å². The number of nitrogens with zero attached hydrogens (tertiary/aromatic N) is 2. The van der Waals surface area contributed by atoms with Crippen molar-refractivity contribution in [2.45, 2.75) is 33.2 Å². The molecule has 2 aromatic rings. The Morgan fingerprint density at radius 2 is 2.17 bits per heavy atom. The minimum absolute atomic E-state index is 0.294. The van der Waals surface area contributed by atoms with E-state index in [0.717, 1.165) is 23.3 Å². The summed E-state index contributed by atoms with van der Waals surface area (Å²) < 4.78 is 2.24. The summed E-state index contributed by atoms with van der Waals surface area (Å²) in [7, 11) is 0. The van der Waals surface area contributed by atoms with Crippen molar-refractivity contribution in [1.29, 1.82) is 0 Å². The van der Waals surface area contributed by atoms with Crippen LogP contribution in [-0.2, 0) is 0 Å². The summed E-state index contributed by atoms with van der Waals surface area (Å²) in [4.78, 5) is 15.4.